The molecular formula is C4H9N3O. The van der Waals surface area contributed by atoms with Crippen molar-refractivity contribution in [2.75, 3.05) is 0 Å². The predicted octanol–water partition coefficient (Wildman–Crippen LogP) is 0.171. The van der Waals surface area contributed by atoms with E-state index >= 15 is 0 Å². The van der Waals surface area contributed by atoms with Crippen LogP contribution in [0.25, 0.3) is 0 Å². The summed E-state index contributed by atoms with van der Waals surface area (Å²) in [6, 6.07) is 0. The van der Waals surface area contributed by atoms with Crippen molar-refractivity contribution < 1.29 is 5.21 Å². The van der Waals surface area contributed by atoms with Crippen LogP contribution >= 0.6 is 0 Å². The van der Waals surface area contributed by atoms with Crippen LogP contribution in [0, 0.1) is 0 Å². The normalized spacial score (nSPS) is 14.2. The second-order valence-corrected chi connectivity index (χ2v) is 1.40. The van der Waals surface area contributed by atoms with Gasteiger partial charge in [-0.3, -0.25) is 0 Å². The Morgan fingerprint density at radius 1 is 1.38 bits per heavy atom. The summed E-state index contributed by atoms with van der Waals surface area (Å²) in [5, 5.41) is 14.2. The largest absolute Gasteiger partial charge is 0.411 e. The fraction of sp³-hybridized carbons (Fsp3) is 0.500. The molecule has 0 bridgehead atoms. The van der Waals surface area contributed by atoms with E-state index in [0.717, 1.165) is 0 Å². The van der Waals surface area contributed by atoms with Crippen molar-refractivity contribution in [3.05, 3.63) is 0 Å². The minimum Gasteiger partial charge on any atom is -0.411 e. The minimum absolute atomic E-state index is 0.438. The molecule has 0 aromatic rings. The second kappa shape index (κ2) is 3.01. The molecule has 0 aromatic carbocycles. The molecular weight excluding hydrogens is 106 g/mol. The fourth-order valence-corrected chi connectivity index (χ4v) is 0.166. The molecule has 0 heterocycles. The van der Waals surface area contributed by atoms with Crippen LogP contribution in [-0.2, 0) is 0 Å². The molecule has 0 unspecified atom stereocenters. The van der Waals surface area contributed by atoms with Crippen LogP contribution in [-0.4, -0.2) is 16.6 Å². The van der Waals surface area contributed by atoms with Gasteiger partial charge in [0.1, 0.15) is 0 Å². The van der Waals surface area contributed by atoms with Crippen molar-refractivity contribution in [3.63, 3.8) is 0 Å². The zero-order valence-corrected chi connectivity index (χ0v) is 4.92. The molecule has 46 valence electrons. The molecule has 0 aliphatic heterocycles. The highest BCUT2D eigenvalue weighted by atomic mass is 16.4. The molecule has 0 amide bonds. The number of oxime groups is 1. The van der Waals surface area contributed by atoms with E-state index in [1.54, 1.807) is 13.8 Å². The molecule has 0 aromatic heterocycles. The van der Waals surface area contributed by atoms with E-state index in [1.165, 1.54) is 0 Å². The van der Waals surface area contributed by atoms with Gasteiger partial charge >= 0.3 is 0 Å². The Kier molecular flexibility index (Phi) is 2.61. The van der Waals surface area contributed by atoms with Gasteiger partial charge in [-0.1, -0.05) is 5.16 Å². The van der Waals surface area contributed by atoms with Gasteiger partial charge in [-0.05, 0) is 13.8 Å². The molecule has 0 aliphatic rings. The van der Waals surface area contributed by atoms with Gasteiger partial charge in [0.25, 0.3) is 0 Å². The number of nitrogens with two attached hydrogens (primary N) is 1. The van der Waals surface area contributed by atoms with E-state index in [2.05, 4.69) is 10.3 Å². The van der Waals surface area contributed by atoms with Gasteiger partial charge in [-0.2, -0.15) is 5.10 Å². The first-order chi connectivity index (χ1) is 3.72. The molecule has 4 nitrogen and oxygen atoms in total. The fourth-order valence-electron chi connectivity index (χ4n) is 0.166. The SMILES string of the molecule is CC(=NN)C(C)=NO. The number of nitrogens with zero attached hydrogens (tertiary/aromatic N) is 2. The van der Waals surface area contributed by atoms with Crippen LogP contribution in [0.2, 0.25) is 0 Å². The van der Waals surface area contributed by atoms with Crippen molar-refractivity contribution in [2.24, 2.45) is 16.1 Å². The number of hydrogen-bond donors (Lipinski definition) is 2. The van der Waals surface area contributed by atoms with E-state index in [-0.39, 0.29) is 0 Å². The third kappa shape index (κ3) is 1.59. The summed E-state index contributed by atoms with van der Waals surface area (Å²) in [5.41, 5.74) is 0.972. The van der Waals surface area contributed by atoms with E-state index < -0.39 is 0 Å². The molecule has 4 heteroatoms. The Morgan fingerprint density at radius 3 is 2.00 bits per heavy atom. The van der Waals surface area contributed by atoms with Crippen LogP contribution in [0.1, 0.15) is 13.8 Å². The summed E-state index contributed by atoms with van der Waals surface area (Å²) in [5.74, 6) is 4.84. The van der Waals surface area contributed by atoms with Gasteiger partial charge in [0.15, 0.2) is 0 Å². The lowest BCUT2D eigenvalue weighted by atomic mass is 10.3. The zero-order valence-electron chi connectivity index (χ0n) is 4.92. The van der Waals surface area contributed by atoms with Crippen molar-refractivity contribution in [1.29, 1.82) is 0 Å². The van der Waals surface area contributed by atoms with E-state index in [0.29, 0.717) is 11.4 Å². The molecule has 8 heavy (non-hydrogen) atoms. The molecule has 0 saturated carbocycles. The first-order valence-corrected chi connectivity index (χ1v) is 2.16. The van der Waals surface area contributed by atoms with Crippen molar-refractivity contribution in [2.45, 2.75) is 13.8 Å². The molecule has 0 fully saturated rings. The van der Waals surface area contributed by atoms with E-state index in [1.807, 2.05) is 0 Å². The summed E-state index contributed by atoms with van der Waals surface area (Å²) in [6.07, 6.45) is 0. The molecule has 0 saturated heterocycles. The average molecular weight is 115 g/mol. The Labute approximate surface area is 47.7 Å². The van der Waals surface area contributed by atoms with Gasteiger partial charge in [0, 0.05) is 0 Å². The molecule has 3 N–H and O–H groups in total. The van der Waals surface area contributed by atoms with Crippen LogP contribution in [0.5, 0.6) is 0 Å². The predicted molar refractivity (Wildman–Crippen MR) is 32.2 cm³/mol. The summed E-state index contributed by atoms with van der Waals surface area (Å²) in [4.78, 5) is 0. The molecule has 0 atom stereocenters. The van der Waals surface area contributed by atoms with Gasteiger partial charge in [-0.15, -0.1) is 0 Å². The minimum atomic E-state index is 0.438. The van der Waals surface area contributed by atoms with Crippen molar-refractivity contribution in [1.82, 2.24) is 0 Å². The second-order valence-electron chi connectivity index (χ2n) is 1.40. The Bertz CT molecular complexity index is 111. The maximum Gasteiger partial charge on any atom is 0.0993 e. The lowest BCUT2D eigenvalue weighted by molar-refractivity contribution is 0.320. The van der Waals surface area contributed by atoms with E-state index in [4.69, 9.17) is 11.0 Å². The van der Waals surface area contributed by atoms with Gasteiger partial charge in [-0.25, -0.2) is 0 Å². The smallest absolute Gasteiger partial charge is 0.0993 e. The highest BCUT2D eigenvalue weighted by Crippen LogP contribution is 1.77. The molecule has 0 aliphatic carbocycles. The first-order valence-electron chi connectivity index (χ1n) is 2.16. The highest BCUT2D eigenvalue weighted by molar-refractivity contribution is 6.40. The third-order valence-electron chi connectivity index (χ3n) is 0.867. The summed E-state index contributed by atoms with van der Waals surface area (Å²) in [7, 11) is 0. The maximum atomic E-state index is 8.09. The average Bonchev–Trinajstić information content (AvgIpc) is 1.84. The Hall–Kier alpha value is -1.06. The third-order valence-corrected chi connectivity index (χ3v) is 0.867. The monoisotopic (exact) mass is 115 g/mol. The number of hydrazone groups is 1. The molecule has 0 rings (SSSR count). The number of rotatable bonds is 1. The number of hydrogen-bond acceptors (Lipinski definition) is 4. The molecule has 0 radical (unpaired) electrons. The highest BCUT2D eigenvalue weighted by Gasteiger charge is 1.92. The standard InChI is InChI=1S/C4H9N3O/c1-3(6-5)4(2)7-8/h8H,5H2,1-2H3. The molecule has 0 spiro atoms. The summed E-state index contributed by atoms with van der Waals surface area (Å²) in [6.45, 7) is 3.28. The lowest BCUT2D eigenvalue weighted by Gasteiger charge is -1.90. The first kappa shape index (κ1) is 6.94. The maximum absolute atomic E-state index is 8.09. The van der Waals surface area contributed by atoms with Crippen LogP contribution < -0.4 is 5.84 Å². The zero-order chi connectivity index (χ0) is 6.57. The lowest BCUT2D eigenvalue weighted by Crippen LogP contribution is -2.07. The van der Waals surface area contributed by atoms with Gasteiger partial charge < -0.3 is 11.0 Å². The quantitative estimate of drug-likeness (QED) is 0.221. The van der Waals surface area contributed by atoms with E-state index in [9.17, 15) is 0 Å². The Balaban J connectivity index is 4.04. The Morgan fingerprint density at radius 2 is 1.88 bits per heavy atom. The van der Waals surface area contributed by atoms with Gasteiger partial charge in [0.2, 0.25) is 0 Å². The summed E-state index contributed by atoms with van der Waals surface area (Å²) < 4.78 is 0. The van der Waals surface area contributed by atoms with Crippen molar-refractivity contribution in [3.8, 4) is 0 Å². The topological polar surface area (TPSA) is 71.0 Å². The van der Waals surface area contributed by atoms with Gasteiger partial charge in [0.05, 0.1) is 11.4 Å². The van der Waals surface area contributed by atoms with Crippen LogP contribution in [0.3, 0.4) is 0 Å². The van der Waals surface area contributed by atoms with Crippen LogP contribution in [0.4, 0.5) is 0 Å². The van der Waals surface area contributed by atoms with Crippen LogP contribution in [0.15, 0.2) is 10.3 Å². The van der Waals surface area contributed by atoms with Crippen molar-refractivity contribution >= 4 is 11.4 Å². The summed E-state index contributed by atoms with van der Waals surface area (Å²) >= 11 is 0.